The summed E-state index contributed by atoms with van der Waals surface area (Å²) in [6.45, 7) is 4.31. The summed E-state index contributed by atoms with van der Waals surface area (Å²) >= 11 is 5.92. The van der Waals surface area contributed by atoms with E-state index < -0.39 is 10.5 Å². The van der Waals surface area contributed by atoms with Crippen LogP contribution in [0, 0.1) is 10.1 Å². The summed E-state index contributed by atoms with van der Waals surface area (Å²) in [6, 6.07) is 4.12. The largest absolute Gasteiger partial charge is 0.490 e. The van der Waals surface area contributed by atoms with Crippen LogP contribution in [-0.4, -0.2) is 17.1 Å². The molecule has 0 aliphatic rings. The number of ether oxygens (including phenoxy) is 1. The number of nitro benzene ring substituents is 1. The molecule has 0 fully saturated rings. The summed E-state index contributed by atoms with van der Waals surface area (Å²) < 4.78 is 5.54. The van der Waals surface area contributed by atoms with Crippen molar-refractivity contribution in [3.8, 4) is 5.75 Å². The van der Waals surface area contributed by atoms with E-state index in [4.69, 9.17) is 22.1 Å². The maximum Gasteiger partial charge on any atom is 0.271 e. The SMILES string of the molecule is CCC(N)(CC)COc1ccc([N+](=O)[O-])cc1Cl. The molecule has 0 radical (unpaired) electrons. The van der Waals surface area contributed by atoms with Crippen molar-refractivity contribution in [1.82, 2.24) is 0 Å². The van der Waals surface area contributed by atoms with Gasteiger partial charge in [0.15, 0.2) is 0 Å². The van der Waals surface area contributed by atoms with Crippen LogP contribution in [0.1, 0.15) is 26.7 Å². The zero-order valence-electron chi connectivity index (χ0n) is 10.5. The van der Waals surface area contributed by atoms with Gasteiger partial charge < -0.3 is 10.5 Å². The fourth-order valence-corrected chi connectivity index (χ4v) is 1.63. The summed E-state index contributed by atoms with van der Waals surface area (Å²) in [6.07, 6.45) is 1.57. The van der Waals surface area contributed by atoms with E-state index in [0.717, 1.165) is 12.8 Å². The Morgan fingerprint density at radius 2 is 2.06 bits per heavy atom. The fourth-order valence-electron chi connectivity index (χ4n) is 1.40. The van der Waals surface area contributed by atoms with Crippen LogP contribution in [0.4, 0.5) is 5.69 Å². The number of hydrogen-bond donors (Lipinski definition) is 1. The second-order valence-corrected chi connectivity index (χ2v) is 4.64. The number of nitrogens with zero attached hydrogens (tertiary/aromatic N) is 1. The van der Waals surface area contributed by atoms with Crippen molar-refractivity contribution in [3.05, 3.63) is 33.3 Å². The Hall–Kier alpha value is -1.33. The zero-order chi connectivity index (χ0) is 13.8. The molecule has 1 rings (SSSR count). The molecule has 0 aliphatic heterocycles. The Bertz CT molecular complexity index is 433. The molecule has 0 amide bonds. The van der Waals surface area contributed by atoms with E-state index in [1.54, 1.807) is 0 Å². The first-order valence-corrected chi connectivity index (χ1v) is 6.15. The third-order valence-electron chi connectivity index (χ3n) is 3.05. The smallest absolute Gasteiger partial charge is 0.271 e. The first-order valence-electron chi connectivity index (χ1n) is 5.77. The molecule has 0 saturated carbocycles. The van der Waals surface area contributed by atoms with Crippen LogP contribution < -0.4 is 10.5 Å². The van der Waals surface area contributed by atoms with Gasteiger partial charge >= 0.3 is 0 Å². The van der Waals surface area contributed by atoms with E-state index in [2.05, 4.69) is 0 Å². The van der Waals surface area contributed by atoms with Crippen molar-refractivity contribution < 1.29 is 9.66 Å². The number of rotatable bonds is 6. The molecule has 0 unspecified atom stereocenters. The van der Waals surface area contributed by atoms with Gasteiger partial charge in [0.05, 0.1) is 9.95 Å². The van der Waals surface area contributed by atoms with E-state index >= 15 is 0 Å². The summed E-state index contributed by atoms with van der Waals surface area (Å²) in [4.78, 5) is 10.1. The molecule has 5 nitrogen and oxygen atoms in total. The Morgan fingerprint density at radius 3 is 2.50 bits per heavy atom. The van der Waals surface area contributed by atoms with Crippen molar-refractivity contribution in [2.75, 3.05) is 6.61 Å². The Morgan fingerprint density at radius 1 is 1.44 bits per heavy atom. The van der Waals surface area contributed by atoms with Crippen LogP contribution in [0.3, 0.4) is 0 Å². The highest BCUT2D eigenvalue weighted by Crippen LogP contribution is 2.29. The van der Waals surface area contributed by atoms with Gasteiger partial charge in [0.25, 0.3) is 5.69 Å². The minimum atomic E-state index is -0.499. The highest BCUT2D eigenvalue weighted by molar-refractivity contribution is 6.32. The van der Waals surface area contributed by atoms with E-state index in [1.165, 1.54) is 18.2 Å². The van der Waals surface area contributed by atoms with Crippen LogP contribution in [-0.2, 0) is 0 Å². The third-order valence-corrected chi connectivity index (χ3v) is 3.35. The minimum absolute atomic E-state index is 0.0580. The zero-order valence-corrected chi connectivity index (χ0v) is 11.2. The third kappa shape index (κ3) is 3.58. The molecule has 0 spiro atoms. The number of nitro groups is 1. The summed E-state index contributed by atoms with van der Waals surface area (Å²) in [5.41, 5.74) is 5.64. The molecule has 0 aliphatic carbocycles. The molecule has 0 heterocycles. The lowest BCUT2D eigenvalue weighted by atomic mass is 9.96. The summed E-state index contributed by atoms with van der Waals surface area (Å²) in [7, 11) is 0. The van der Waals surface area contributed by atoms with Gasteiger partial charge in [0, 0.05) is 17.7 Å². The predicted octanol–water partition coefficient (Wildman–Crippen LogP) is 3.14. The monoisotopic (exact) mass is 272 g/mol. The lowest BCUT2D eigenvalue weighted by Gasteiger charge is -2.26. The van der Waals surface area contributed by atoms with Crippen molar-refractivity contribution in [3.63, 3.8) is 0 Å². The van der Waals surface area contributed by atoms with Crippen molar-refractivity contribution >= 4 is 17.3 Å². The average Bonchev–Trinajstić information content (AvgIpc) is 2.36. The van der Waals surface area contributed by atoms with Crippen LogP contribution in [0.2, 0.25) is 5.02 Å². The maximum atomic E-state index is 10.6. The summed E-state index contributed by atoms with van der Waals surface area (Å²) in [5.74, 6) is 0.416. The van der Waals surface area contributed by atoms with Gasteiger partial charge in [-0.25, -0.2) is 0 Å². The maximum absolute atomic E-state index is 10.6. The van der Waals surface area contributed by atoms with E-state index in [0.29, 0.717) is 12.4 Å². The summed E-state index contributed by atoms with van der Waals surface area (Å²) in [5, 5.41) is 10.8. The number of non-ortho nitro benzene ring substituents is 1. The topological polar surface area (TPSA) is 78.4 Å². The van der Waals surface area contributed by atoms with Gasteiger partial charge in [0.1, 0.15) is 12.4 Å². The second-order valence-electron chi connectivity index (χ2n) is 4.23. The quantitative estimate of drug-likeness (QED) is 0.637. The Kier molecular flexibility index (Phi) is 4.93. The first kappa shape index (κ1) is 14.7. The Balaban J connectivity index is 2.77. The fraction of sp³-hybridized carbons (Fsp3) is 0.500. The normalized spacial score (nSPS) is 11.3. The van der Waals surface area contributed by atoms with Crippen LogP contribution in [0.15, 0.2) is 18.2 Å². The molecular weight excluding hydrogens is 256 g/mol. The predicted molar refractivity (Wildman–Crippen MR) is 71.1 cm³/mol. The molecule has 2 N–H and O–H groups in total. The highest BCUT2D eigenvalue weighted by Gasteiger charge is 2.22. The molecule has 0 saturated heterocycles. The second kappa shape index (κ2) is 6.02. The van der Waals surface area contributed by atoms with Crippen molar-refractivity contribution in [2.24, 2.45) is 5.73 Å². The molecule has 18 heavy (non-hydrogen) atoms. The van der Waals surface area contributed by atoms with E-state index in [9.17, 15) is 10.1 Å². The molecule has 6 heteroatoms. The lowest BCUT2D eigenvalue weighted by molar-refractivity contribution is -0.384. The number of hydrogen-bond acceptors (Lipinski definition) is 4. The minimum Gasteiger partial charge on any atom is -0.490 e. The van der Waals surface area contributed by atoms with Crippen LogP contribution >= 0.6 is 11.6 Å². The van der Waals surface area contributed by atoms with Crippen molar-refractivity contribution in [1.29, 1.82) is 0 Å². The number of nitrogens with two attached hydrogens (primary N) is 1. The van der Waals surface area contributed by atoms with E-state index in [1.807, 2.05) is 13.8 Å². The van der Waals surface area contributed by atoms with Gasteiger partial charge in [-0.1, -0.05) is 25.4 Å². The molecule has 100 valence electrons. The molecule has 0 atom stereocenters. The molecule has 0 bridgehead atoms. The van der Waals surface area contributed by atoms with Crippen molar-refractivity contribution in [2.45, 2.75) is 32.2 Å². The first-order chi connectivity index (χ1) is 8.41. The number of benzene rings is 1. The average molecular weight is 273 g/mol. The van der Waals surface area contributed by atoms with Gasteiger partial charge in [-0.15, -0.1) is 0 Å². The Labute approximate surface area is 111 Å². The molecule has 1 aromatic carbocycles. The van der Waals surface area contributed by atoms with Gasteiger partial charge in [0.2, 0.25) is 0 Å². The van der Waals surface area contributed by atoms with Crippen LogP contribution in [0.25, 0.3) is 0 Å². The number of halogens is 1. The van der Waals surface area contributed by atoms with Gasteiger partial charge in [-0.2, -0.15) is 0 Å². The molecular formula is C12H17ClN2O3. The van der Waals surface area contributed by atoms with Gasteiger partial charge in [-0.3, -0.25) is 10.1 Å². The van der Waals surface area contributed by atoms with Crippen LogP contribution in [0.5, 0.6) is 5.75 Å². The molecule has 0 aromatic heterocycles. The standard InChI is InChI=1S/C12H17ClN2O3/c1-3-12(14,4-2)8-18-11-6-5-9(15(16)17)7-10(11)13/h5-7H,3-4,8,14H2,1-2H3. The van der Waals surface area contributed by atoms with E-state index in [-0.39, 0.29) is 10.7 Å². The highest BCUT2D eigenvalue weighted by atomic mass is 35.5. The van der Waals surface area contributed by atoms with Gasteiger partial charge in [-0.05, 0) is 18.9 Å². The molecule has 1 aromatic rings. The lowest BCUT2D eigenvalue weighted by Crippen LogP contribution is -2.44.